The van der Waals surface area contributed by atoms with Crippen LogP contribution in [0.2, 0.25) is 0 Å². The number of hydrogen-bond donors (Lipinski definition) is 1. The van der Waals surface area contributed by atoms with E-state index < -0.39 is 17.5 Å². The number of aromatic nitrogens is 2. The molecule has 102 valence electrons. The van der Waals surface area contributed by atoms with Crippen LogP contribution in [0, 0.1) is 29.1 Å². The van der Waals surface area contributed by atoms with E-state index in [2.05, 4.69) is 4.98 Å². The Morgan fingerprint density at radius 3 is 2.35 bits per heavy atom. The first-order valence-corrected chi connectivity index (χ1v) is 6.24. The molecule has 3 rings (SSSR count). The molecule has 0 aliphatic rings. The normalized spacial score (nSPS) is 11.2. The van der Waals surface area contributed by atoms with Gasteiger partial charge in [-0.15, -0.1) is 0 Å². The van der Waals surface area contributed by atoms with E-state index in [4.69, 9.17) is 12.2 Å². The van der Waals surface area contributed by atoms with Crippen LogP contribution in [-0.4, -0.2) is 9.55 Å². The Bertz CT molecular complexity index is 857. The summed E-state index contributed by atoms with van der Waals surface area (Å²) in [6, 6.07) is 6.65. The molecule has 0 aliphatic carbocycles. The molecule has 3 aromatic rings. The molecule has 1 N–H and O–H groups in total. The van der Waals surface area contributed by atoms with Crippen LogP contribution in [0.3, 0.4) is 0 Å². The lowest BCUT2D eigenvalue weighted by Crippen LogP contribution is -2.02. The van der Waals surface area contributed by atoms with Crippen molar-refractivity contribution in [3.05, 3.63) is 58.1 Å². The first-order chi connectivity index (χ1) is 9.47. The van der Waals surface area contributed by atoms with E-state index in [1.807, 2.05) is 13.0 Å². The van der Waals surface area contributed by atoms with Gasteiger partial charge in [-0.05, 0) is 36.8 Å². The highest BCUT2D eigenvalue weighted by Gasteiger charge is 2.17. The molecule has 1 heterocycles. The van der Waals surface area contributed by atoms with Gasteiger partial charge in [-0.3, -0.25) is 4.57 Å². The van der Waals surface area contributed by atoms with Crippen molar-refractivity contribution < 1.29 is 13.2 Å². The van der Waals surface area contributed by atoms with Crippen molar-refractivity contribution in [2.24, 2.45) is 0 Å². The summed E-state index contributed by atoms with van der Waals surface area (Å²) in [5.74, 6) is -2.96. The number of imidazole rings is 1. The molecule has 0 saturated carbocycles. The van der Waals surface area contributed by atoms with E-state index in [9.17, 15) is 13.2 Å². The van der Waals surface area contributed by atoms with Gasteiger partial charge in [0.1, 0.15) is 11.5 Å². The van der Waals surface area contributed by atoms with E-state index in [1.165, 1.54) is 4.57 Å². The summed E-state index contributed by atoms with van der Waals surface area (Å²) in [4.78, 5) is 2.87. The van der Waals surface area contributed by atoms with E-state index in [0.717, 1.165) is 5.56 Å². The standard InChI is InChI=1S/C14H9F3N2S/c1-7-2-3-11-12(4-7)19(14(20)18-11)13-9(16)5-8(15)6-10(13)17/h2-6H,1H3,(H,18,20). The molecule has 0 aliphatic heterocycles. The van der Waals surface area contributed by atoms with Crippen molar-refractivity contribution in [1.82, 2.24) is 9.55 Å². The second-order valence-electron chi connectivity index (χ2n) is 4.50. The van der Waals surface area contributed by atoms with Gasteiger partial charge in [-0.25, -0.2) is 13.2 Å². The topological polar surface area (TPSA) is 20.7 Å². The van der Waals surface area contributed by atoms with Crippen LogP contribution in [0.15, 0.2) is 30.3 Å². The van der Waals surface area contributed by atoms with E-state index in [1.54, 1.807) is 12.1 Å². The lowest BCUT2D eigenvalue weighted by Gasteiger charge is -2.08. The summed E-state index contributed by atoms with van der Waals surface area (Å²) < 4.78 is 42.2. The van der Waals surface area contributed by atoms with Gasteiger partial charge in [-0.2, -0.15) is 0 Å². The molecule has 0 amide bonds. The molecular weight excluding hydrogens is 285 g/mol. The number of fused-ring (bicyclic) bond motifs is 1. The Labute approximate surface area is 117 Å². The number of nitrogens with zero attached hydrogens (tertiary/aromatic N) is 1. The van der Waals surface area contributed by atoms with Gasteiger partial charge in [0.05, 0.1) is 11.0 Å². The number of aryl methyl sites for hydroxylation is 1. The third kappa shape index (κ3) is 1.92. The molecule has 0 saturated heterocycles. The van der Waals surface area contributed by atoms with Gasteiger partial charge in [0.15, 0.2) is 16.4 Å². The van der Waals surface area contributed by atoms with Crippen molar-refractivity contribution in [3.8, 4) is 5.69 Å². The van der Waals surface area contributed by atoms with Crippen LogP contribution in [-0.2, 0) is 0 Å². The number of benzene rings is 2. The van der Waals surface area contributed by atoms with Crippen LogP contribution in [0.25, 0.3) is 16.7 Å². The molecular formula is C14H9F3N2S. The van der Waals surface area contributed by atoms with Crippen molar-refractivity contribution in [3.63, 3.8) is 0 Å². The smallest absolute Gasteiger partial charge is 0.182 e. The first kappa shape index (κ1) is 12.9. The summed E-state index contributed by atoms with van der Waals surface area (Å²) >= 11 is 5.11. The maximum Gasteiger partial charge on any atom is 0.182 e. The summed E-state index contributed by atoms with van der Waals surface area (Å²) in [6.45, 7) is 1.86. The fourth-order valence-corrected chi connectivity index (χ4v) is 2.48. The van der Waals surface area contributed by atoms with Gasteiger partial charge in [-0.1, -0.05) is 6.07 Å². The summed E-state index contributed by atoms with van der Waals surface area (Å²) in [7, 11) is 0. The predicted octanol–water partition coefficient (Wildman–Crippen LogP) is 4.41. The number of hydrogen-bond acceptors (Lipinski definition) is 1. The third-order valence-electron chi connectivity index (χ3n) is 3.04. The zero-order valence-electron chi connectivity index (χ0n) is 10.4. The Kier molecular flexibility index (Phi) is 2.90. The van der Waals surface area contributed by atoms with Crippen molar-refractivity contribution in [2.45, 2.75) is 6.92 Å². The Morgan fingerprint density at radius 2 is 1.70 bits per heavy atom. The fourth-order valence-electron chi connectivity index (χ4n) is 2.18. The van der Waals surface area contributed by atoms with Crippen LogP contribution >= 0.6 is 12.2 Å². The van der Waals surface area contributed by atoms with E-state index in [-0.39, 0.29) is 10.5 Å². The van der Waals surface area contributed by atoms with Gasteiger partial charge in [0, 0.05) is 12.1 Å². The highest BCUT2D eigenvalue weighted by molar-refractivity contribution is 7.71. The average Bonchev–Trinajstić information content (AvgIpc) is 2.65. The highest BCUT2D eigenvalue weighted by atomic mass is 32.1. The number of rotatable bonds is 1. The van der Waals surface area contributed by atoms with Crippen LogP contribution in [0.5, 0.6) is 0 Å². The molecule has 2 aromatic carbocycles. The van der Waals surface area contributed by atoms with E-state index >= 15 is 0 Å². The Balaban J connectivity index is 2.44. The van der Waals surface area contributed by atoms with E-state index in [0.29, 0.717) is 23.2 Å². The van der Waals surface area contributed by atoms with Gasteiger partial charge >= 0.3 is 0 Å². The molecule has 6 heteroatoms. The van der Waals surface area contributed by atoms with Gasteiger partial charge in [0.25, 0.3) is 0 Å². The summed E-state index contributed by atoms with van der Waals surface area (Å²) in [6.07, 6.45) is 0. The second-order valence-corrected chi connectivity index (χ2v) is 4.89. The summed E-state index contributed by atoms with van der Waals surface area (Å²) in [5, 5.41) is 0. The van der Waals surface area contributed by atoms with Crippen LogP contribution in [0.1, 0.15) is 5.56 Å². The number of halogens is 3. The molecule has 0 fully saturated rings. The first-order valence-electron chi connectivity index (χ1n) is 5.83. The maximum absolute atomic E-state index is 13.9. The minimum absolute atomic E-state index is 0.148. The number of H-pyrrole nitrogens is 1. The zero-order chi connectivity index (χ0) is 14.4. The molecule has 20 heavy (non-hydrogen) atoms. The maximum atomic E-state index is 13.9. The lowest BCUT2D eigenvalue weighted by atomic mass is 10.2. The van der Waals surface area contributed by atoms with Crippen LogP contribution in [0.4, 0.5) is 13.2 Å². The molecule has 2 nitrogen and oxygen atoms in total. The molecule has 0 spiro atoms. The molecule has 0 radical (unpaired) electrons. The molecule has 1 aromatic heterocycles. The highest BCUT2D eigenvalue weighted by Crippen LogP contribution is 2.25. The fraction of sp³-hybridized carbons (Fsp3) is 0.0714. The third-order valence-corrected chi connectivity index (χ3v) is 3.33. The molecule has 0 atom stereocenters. The quantitative estimate of drug-likeness (QED) is 0.659. The van der Waals surface area contributed by atoms with Crippen molar-refractivity contribution in [2.75, 3.05) is 0 Å². The second kappa shape index (κ2) is 4.49. The monoisotopic (exact) mass is 294 g/mol. The minimum atomic E-state index is -0.999. The van der Waals surface area contributed by atoms with Gasteiger partial charge in [0.2, 0.25) is 0 Å². The minimum Gasteiger partial charge on any atom is -0.330 e. The predicted molar refractivity (Wildman–Crippen MR) is 73.1 cm³/mol. The number of aromatic amines is 1. The average molecular weight is 294 g/mol. The lowest BCUT2D eigenvalue weighted by molar-refractivity contribution is 0.535. The summed E-state index contributed by atoms with van der Waals surface area (Å²) in [5.41, 5.74) is 1.74. The number of nitrogens with one attached hydrogen (secondary N) is 1. The molecule has 0 unspecified atom stereocenters. The van der Waals surface area contributed by atoms with Crippen molar-refractivity contribution in [1.29, 1.82) is 0 Å². The van der Waals surface area contributed by atoms with Crippen LogP contribution < -0.4 is 0 Å². The Morgan fingerprint density at radius 1 is 1.05 bits per heavy atom. The zero-order valence-corrected chi connectivity index (χ0v) is 11.2. The largest absolute Gasteiger partial charge is 0.330 e. The SMILES string of the molecule is Cc1ccc2[nH]c(=S)n(-c3c(F)cc(F)cc3F)c2c1. The molecule has 0 bridgehead atoms. The van der Waals surface area contributed by atoms with Gasteiger partial charge < -0.3 is 4.98 Å². The Hall–Kier alpha value is -2.08. The van der Waals surface area contributed by atoms with Crippen molar-refractivity contribution >= 4 is 23.3 Å².